The summed E-state index contributed by atoms with van der Waals surface area (Å²) in [5, 5.41) is 3.27. The second-order valence-electron chi connectivity index (χ2n) is 5.84. The molecular weight excluding hydrogens is 262 g/mol. The van der Waals surface area contributed by atoms with E-state index in [1.54, 1.807) is 0 Å². The normalized spacial score (nSPS) is 15.2. The predicted octanol–water partition coefficient (Wildman–Crippen LogP) is 2.59. The number of carbonyl (C=O) groups is 1. The minimum Gasteiger partial charge on any atom is -0.385 e. The zero-order valence-corrected chi connectivity index (χ0v) is 13.5. The zero-order valence-electron chi connectivity index (χ0n) is 13.5. The number of benzene rings is 1. The van der Waals surface area contributed by atoms with Crippen molar-refractivity contribution in [1.82, 2.24) is 9.80 Å². The molecule has 0 saturated carbocycles. The van der Waals surface area contributed by atoms with Gasteiger partial charge in [-0.2, -0.15) is 0 Å². The Morgan fingerprint density at radius 2 is 2.05 bits per heavy atom. The Morgan fingerprint density at radius 1 is 1.33 bits per heavy atom. The molecule has 1 amide bonds. The van der Waals surface area contributed by atoms with Gasteiger partial charge in [-0.3, -0.25) is 4.79 Å². The maximum absolute atomic E-state index is 12.5. The Morgan fingerprint density at radius 3 is 2.67 bits per heavy atom. The van der Waals surface area contributed by atoms with Crippen molar-refractivity contribution in [2.45, 2.75) is 26.7 Å². The number of hydrogen-bond donors (Lipinski definition) is 1. The van der Waals surface area contributed by atoms with Crippen LogP contribution in [0.15, 0.2) is 18.2 Å². The lowest BCUT2D eigenvalue weighted by Crippen LogP contribution is -2.35. The number of nitrogens with one attached hydrogen (secondary N) is 1. The zero-order chi connectivity index (χ0) is 15.2. The molecule has 1 heterocycles. The molecule has 0 radical (unpaired) electrons. The molecule has 21 heavy (non-hydrogen) atoms. The summed E-state index contributed by atoms with van der Waals surface area (Å²) in [5.41, 5.74) is 2.92. The molecule has 1 aromatic carbocycles. The third-order valence-corrected chi connectivity index (χ3v) is 4.13. The summed E-state index contributed by atoms with van der Waals surface area (Å²) in [6.45, 7) is 9.10. The third-order valence-electron chi connectivity index (χ3n) is 4.13. The fraction of sp³-hybridized carbons (Fsp3) is 0.588. The van der Waals surface area contributed by atoms with Gasteiger partial charge in [0.25, 0.3) is 5.91 Å². The van der Waals surface area contributed by atoms with Crippen molar-refractivity contribution >= 4 is 11.6 Å². The fourth-order valence-electron chi connectivity index (χ4n) is 2.82. The number of nitrogens with zero attached hydrogens (tertiary/aromatic N) is 2. The van der Waals surface area contributed by atoms with Crippen molar-refractivity contribution < 1.29 is 4.79 Å². The van der Waals surface area contributed by atoms with Gasteiger partial charge in [0.1, 0.15) is 0 Å². The van der Waals surface area contributed by atoms with Crippen LogP contribution in [0, 0.1) is 6.92 Å². The van der Waals surface area contributed by atoms with Gasteiger partial charge in [-0.25, -0.2) is 0 Å². The summed E-state index contributed by atoms with van der Waals surface area (Å²) >= 11 is 0. The molecule has 0 aliphatic carbocycles. The molecule has 1 aromatic rings. The van der Waals surface area contributed by atoms with E-state index in [1.165, 1.54) is 25.9 Å². The number of likely N-dealkylation sites (N-methyl/N-ethyl adjacent to an activating group) is 1. The van der Waals surface area contributed by atoms with Gasteiger partial charge in [0, 0.05) is 37.9 Å². The van der Waals surface area contributed by atoms with Gasteiger partial charge in [0.2, 0.25) is 0 Å². The average molecular weight is 289 g/mol. The third kappa shape index (κ3) is 4.21. The predicted molar refractivity (Wildman–Crippen MR) is 88.0 cm³/mol. The minimum absolute atomic E-state index is 0.120. The van der Waals surface area contributed by atoms with Crippen LogP contribution in [-0.4, -0.2) is 55.5 Å². The lowest BCUT2D eigenvalue weighted by atomic mass is 10.1. The highest BCUT2D eigenvalue weighted by atomic mass is 16.2. The molecular formula is C17H27N3O. The first-order valence-electron chi connectivity index (χ1n) is 7.94. The first-order valence-corrected chi connectivity index (χ1v) is 7.94. The molecule has 4 nitrogen and oxygen atoms in total. The number of rotatable bonds is 6. The van der Waals surface area contributed by atoms with E-state index in [1.807, 2.05) is 37.1 Å². The van der Waals surface area contributed by atoms with Crippen molar-refractivity contribution in [3.63, 3.8) is 0 Å². The number of carbonyl (C=O) groups excluding carboxylic acids is 1. The number of aryl methyl sites for hydroxylation is 1. The van der Waals surface area contributed by atoms with E-state index in [0.717, 1.165) is 36.4 Å². The van der Waals surface area contributed by atoms with Gasteiger partial charge >= 0.3 is 0 Å². The molecule has 1 aliphatic rings. The highest BCUT2D eigenvalue weighted by Crippen LogP contribution is 2.16. The van der Waals surface area contributed by atoms with Crippen LogP contribution in [0.4, 0.5) is 5.69 Å². The van der Waals surface area contributed by atoms with Gasteiger partial charge in [0.05, 0.1) is 0 Å². The van der Waals surface area contributed by atoms with Crippen molar-refractivity contribution in [3.05, 3.63) is 29.3 Å². The summed E-state index contributed by atoms with van der Waals surface area (Å²) < 4.78 is 0. The fourth-order valence-corrected chi connectivity index (χ4v) is 2.82. The molecule has 0 bridgehead atoms. The van der Waals surface area contributed by atoms with E-state index in [0.29, 0.717) is 0 Å². The van der Waals surface area contributed by atoms with Gasteiger partial charge in [-0.05, 0) is 63.5 Å². The molecule has 1 aliphatic heterocycles. The minimum atomic E-state index is 0.120. The summed E-state index contributed by atoms with van der Waals surface area (Å²) in [6.07, 6.45) is 2.59. The first-order chi connectivity index (χ1) is 10.1. The van der Waals surface area contributed by atoms with Crippen LogP contribution < -0.4 is 5.32 Å². The van der Waals surface area contributed by atoms with Crippen LogP contribution >= 0.6 is 0 Å². The molecule has 0 unspecified atom stereocenters. The topological polar surface area (TPSA) is 35.6 Å². The highest BCUT2D eigenvalue weighted by Gasteiger charge is 2.17. The highest BCUT2D eigenvalue weighted by molar-refractivity contribution is 5.95. The standard InChI is InChI=1S/C17H27N3O/c1-4-18-15-7-8-16(14(2)13-15)17(21)19(3)11-12-20-9-5-6-10-20/h7-8,13,18H,4-6,9-12H2,1-3H3. The maximum Gasteiger partial charge on any atom is 0.253 e. The summed E-state index contributed by atoms with van der Waals surface area (Å²) in [4.78, 5) is 16.8. The van der Waals surface area contributed by atoms with Gasteiger partial charge in [-0.1, -0.05) is 0 Å². The Kier molecular flexibility index (Phi) is 5.62. The molecule has 1 N–H and O–H groups in total. The second-order valence-corrected chi connectivity index (χ2v) is 5.84. The lowest BCUT2D eigenvalue weighted by molar-refractivity contribution is 0.0781. The van der Waals surface area contributed by atoms with Crippen LogP contribution in [0.25, 0.3) is 0 Å². The van der Waals surface area contributed by atoms with E-state index in [2.05, 4.69) is 17.1 Å². The van der Waals surface area contributed by atoms with E-state index < -0.39 is 0 Å². The number of hydrogen-bond acceptors (Lipinski definition) is 3. The van der Waals surface area contributed by atoms with Gasteiger partial charge in [-0.15, -0.1) is 0 Å². The Balaban J connectivity index is 1.94. The summed E-state index contributed by atoms with van der Waals surface area (Å²) in [6, 6.07) is 5.96. The Hall–Kier alpha value is -1.55. The molecule has 116 valence electrons. The Labute approximate surface area is 128 Å². The molecule has 0 aromatic heterocycles. The summed E-state index contributed by atoms with van der Waals surface area (Å²) in [5.74, 6) is 0.120. The SMILES string of the molecule is CCNc1ccc(C(=O)N(C)CCN2CCCC2)c(C)c1. The van der Waals surface area contributed by atoms with Crippen LogP contribution in [-0.2, 0) is 0 Å². The van der Waals surface area contributed by atoms with Gasteiger partial charge in [0.15, 0.2) is 0 Å². The monoisotopic (exact) mass is 289 g/mol. The number of amides is 1. The average Bonchev–Trinajstić information content (AvgIpc) is 2.98. The van der Waals surface area contributed by atoms with Crippen LogP contribution in [0.5, 0.6) is 0 Å². The van der Waals surface area contributed by atoms with Crippen molar-refractivity contribution in [1.29, 1.82) is 0 Å². The smallest absolute Gasteiger partial charge is 0.253 e. The molecule has 0 atom stereocenters. The van der Waals surface area contributed by atoms with Gasteiger partial charge < -0.3 is 15.1 Å². The molecule has 0 spiro atoms. The summed E-state index contributed by atoms with van der Waals surface area (Å²) in [7, 11) is 1.90. The van der Waals surface area contributed by atoms with Crippen molar-refractivity contribution in [2.75, 3.05) is 45.1 Å². The number of likely N-dealkylation sites (tertiary alicyclic amines) is 1. The van der Waals surface area contributed by atoms with Crippen molar-refractivity contribution in [3.8, 4) is 0 Å². The first kappa shape index (κ1) is 15.8. The molecule has 1 saturated heterocycles. The van der Waals surface area contributed by atoms with Crippen LogP contribution in [0.1, 0.15) is 35.7 Å². The molecule has 4 heteroatoms. The largest absolute Gasteiger partial charge is 0.385 e. The van der Waals surface area contributed by atoms with Crippen molar-refractivity contribution in [2.24, 2.45) is 0 Å². The number of anilines is 1. The quantitative estimate of drug-likeness (QED) is 0.874. The van der Waals surface area contributed by atoms with E-state index in [-0.39, 0.29) is 5.91 Å². The Bertz CT molecular complexity index is 481. The van der Waals surface area contributed by atoms with E-state index >= 15 is 0 Å². The van der Waals surface area contributed by atoms with E-state index in [9.17, 15) is 4.79 Å². The van der Waals surface area contributed by atoms with Crippen LogP contribution in [0.3, 0.4) is 0 Å². The molecule has 1 fully saturated rings. The van der Waals surface area contributed by atoms with E-state index in [4.69, 9.17) is 0 Å². The molecule has 2 rings (SSSR count). The second kappa shape index (κ2) is 7.46. The van der Waals surface area contributed by atoms with Crippen LogP contribution in [0.2, 0.25) is 0 Å². The lowest BCUT2D eigenvalue weighted by Gasteiger charge is -2.22. The maximum atomic E-state index is 12.5.